The Hall–Kier alpha value is -1.03. The highest BCUT2D eigenvalue weighted by atomic mass is 79.9. The average Bonchev–Trinajstić information content (AvgIpc) is 2.69. The molecule has 1 aromatic rings. The van der Waals surface area contributed by atoms with Gasteiger partial charge in [0.1, 0.15) is 5.66 Å². The van der Waals surface area contributed by atoms with Crippen LogP contribution in [-0.4, -0.2) is 29.6 Å². The Labute approximate surface area is 122 Å². The van der Waals surface area contributed by atoms with Crippen LogP contribution in [0.3, 0.4) is 0 Å². The van der Waals surface area contributed by atoms with E-state index in [1.165, 1.54) is 11.3 Å². The van der Waals surface area contributed by atoms with E-state index in [9.17, 15) is 4.79 Å². The summed E-state index contributed by atoms with van der Waals surface area (Å²) >= 11 is 3.56. The molecule has 0 bridgehead atoms. The number of anilines is 1. The van der Waals surface area contributed by atoms with Crippen molar-refractivity contribution in [3.05, 3.63) is 28.2 Å². The number of fused-ring (bicyclic) bond motifs is 3. The molecule has 0 radical (unpaired) electrons. The van der Waals surface area contributed by atoms with Crippen LogP contribution in [0, 0.1) is 0 Å². The molecule has 0 saturated carbocycles. The lowest BCUT2D eigenvalue weighted by atomic mass is 9.76. The predicted molar refractivity (Wildman–Crippen MR) is 80.3 cm³/mol. The van der Waals surface area contributed by atoms with E-state index in [1.54, 1.807) is 0 Å². The molecule has 3 rings (SSSR count). The third-order valence-electron chi connectivity index (χ3n) is 5.07. The number of carbonyl (C=O) groups excluding carboxylic acids is 1. The molecule has 1 fully saturated rings. The van der Waals surface area contributed by atoms with Gasteiger partial charge in [-0.15, -0.1) is 0 Å². The third-order valence-corrected chi connectivity index (χ3v) is 5.56. The number of nitrogens with zero attached hydrogens (tertiary/aromatic N) is 2. The summed E-state index contributed by atoms with van der Waals surface area (Å²) < 4.78 is 1.10. The van der Waals surface area contributed by atoms with Gasteiger partial charge in [-0.05, 0) is 37.6 Å². The monoisotopic (exact) mass is 322 g/mol. The first-order valence-electron chi connectivity index (χ1n) is 6.72. The number of hydrogen-bond acceptors (Lipinski definition) is 2. The number of carbonyl (C=O) groups is 1. The summed E-state index contributed by atoms with van der Waals surface area (Å²) in [6, 6.07) is 6.37. The molecule has 1 aromatic carbocycles. The number of benzene rings is 1. The van der Waals surface area contributed by atoms with E-state index in [0.29, 0.717) is 6.54 Å². The topological polar surface area (TPSA) is 23.6 Å². The zero-order valence-corrected chi connectivity index (χ0v) is 13.4. The molecule has 0 unspecified atom stereocenters. The first-order chi connectivity index (χ1) is 8.84. The first-order valence-corrected chi connectivity index (χ1v) is 7.51. The van der Waals surface area contributed by atoms with Crippen LogP contribution in [0.1, 0.15) is 33.3 Å². The molecule has 1 saturated heterocycles. The molecule has 19 heavy (non-hydrogen) atoms. The van der Waals surface area contributed by atoms with Crippen molar-refractivity contribution in [2.24, 2.45) is 0 Å². The fourth-order valence-electron chi connectivity index (χ4n) is 3.74. The number of hydrogen-bond donors (Lipinski definition) is 0. The maximum atomic E-state index is 12.3. The molecule has 2 aliphatic heterocycles. The predicted octanol–water partition coefficient (Wildman–Crippen LogP) is 3.13. The van der Waals surface area contributed by atoms with E-state index in [1.807, 2.05) is 4.90 Å². The van der Waals surface area contributed by atoms with Crippen molar-refractivity contribution in [1.82, 2.24) is 4.90 Å². The standard InChI is InChI=1S/C15H19BrN2O/c1-5-17-13(19)9-18-12-7-6-10(16)8-11(12)14(2,3)15(17,18)4/h6-8H,5,9H2,1-4H3/t15-/m1/s1. The van der Waals surface area contributed by atoms with Gasteiger partial charge < -0.3 is 9.80 Å². The van der Waals surface area contributed by atoms with Gasteiger partial charge in [0.25, 0.3) is 0 Å². The van der Waals surface area contributed by atoms with E-state index < -0.39 is 0 Å². The van der Waals surface area contributed by atoms with Gasteiger partial charge in [0.05, 0.1) is 6.54 Å². The minimum absolute atomic E-state index is 0.0890. The quantitative estimate of drug-likeness (QED) is 0.793. The fraction of sp³-hybridized carbons (Fsp3) is 0.533. The Bertz CT molecular complexity index is 569. The zero-order valence-electron chi connectivity index (χ0n) is 11.8. The van der Waals surface area contributed by atoms with Crippen LogP contribution in [0.25, 0.3) is 0 Å². The molecule has 0 spiro atoms. The first kappa shape index (κ1) is 13.0. The second-order valence-corrected chi connectivity index (χ2v) is 6.95. The van der Waals surface area contributed by atoms with Crippen LogP contribution in [0.2, 0.25) is 0 Å². The van der Waals surface area contributed by atoms with Gasteiger partial charge in [-0.3, -0.25) is 4.79 Å². The van der Waals surface area contributed by atoms with Crippen molar-refractivity contribution < 1.29 is 4.79 Å². The maximum Gasteiger partial charge on any atom is 0.244 e. The minimum atomic E-state index is -0.262. The number of rotatable bonds is 1. The highest BCUT2D eigenvalue weighted by Crippen LogP contribution is 2.55. The molecule has 1 atom stereocenters. The molecule has 2 aliphatic rings. The normalized spacial score (nSPS) is 27.7. The molecule has 4 heteroatoms. The van der Waals surface area contributed by atoms with Crippen LogP contribution >= 0.6 is 15.9 Å². The third kappa shape index (κ3) is 1.36. The second kappa shape index (κ2) is 3.75. The Balaban J connectivity index is 2.25. The van der Waals surface area contributed by atoms with Crippen molar-refractivity contribution in [2.75, 3.05) is 18.0 Å². The van der Waals surface area contributed by atoms with Crippen LogP contribution in [0.15, 0.2) is 22.7 Å². The summed E-state index contributed by atoms with van der Waals surface area (Å²) in [5.41, 5.74) is 2.16. The van der Waals surface area contributed by atoms with Crippen molar-refractivity contribution in [2.45, 2.75) is 38.8 Å². The Kier molecular flexibility index (Phi) is 2.56. The molecule has 0 N–H and O–H groups in total. The second-order valence-electron chi connectivity index (χ2n) is 6.03. The average molecular weight is 323 g/mol. The van der Waals surface area contributed by atoms with Gasteiger partial charge in [0.2, 0.25) is 5.91 Å². The molecular weight excluding hydrogens is 304 g/mol. The molecule has 0 aromatic heterocycles. The van der Waals surface area contributed by atoms with Gasteiger partial charge in [-0.2, -0.15) is 0 Å². The molecule has 2 heterocycles. The summed E-state index contributed by atoms with van der Waals surface area (Å²) in [6.07, 6.45) is 0. The van der Waals surface area contributed by atoms with Crippen LogP contribution in [0.4, 0.5) is 5.69 Å². The van der Waals surface area contributed by atoms with E-state index in [4.69, 9.17) is 0 Å². The van der Waals surface area contributed by atoms with Crippen LogP contribution < -0.4 is 4.90 Å². The molecular formula is C15H19BrN2O. The summed E-state index contributed by atoms with van der Waals surface area (Å²) in [5.74, 6) is 0.228. The fourth-order valence-corrected chi connectivity index (χ4v) is 4.10. The highest BCUT2D eigenvalue weighted by Gasteiger charge is 2.61. The van der Waals surface area contributed by atoms with Gasteiger partial charge in [-0.25, -0.2) is 0 Å². The van der Waals surface area contributed by atoms with E-state index in [0.717, 1.165) is 11.0 Å². The van der Waals surface area contributed by atoms with Gasteiger partial charge >= 0.3 is 0 Å². The van der Waals surface area contributed by atoms with E-state index in [2.05, 4.69) is 66.7 Å². The summed E-state index contributed by atoms with van der Waals surface area (Å²) in [4.78, 5) is 16.5. The number of halogens is 1. The minimum Gasteiger partial charge on any atom is -0.338 e. The molecule has 0 aliphatic carbocycles. The van der Waals surface area contributed by atoms with Gasteiger partial charge in [-0.1, -0.05) is 29.8 Å². The number of amides is 1. The number of likely N-dealkylation sites (N-methyl/N-ethyl adjacent to an activating group) is 1. The van der Waals surface area contributed by atoms with E-state index >= 15 is 0 Å². The lowest BCUT2D eigenvalue weighted by molar-refractivity contribution is -0.131. The SMILES string of the molecule is CCN1C(=O)CN2c3ccc(Br)cc3C(C)(C)[C@]12C. The van der Waals surface area contributed by atoms with Gasteiger partial charge in [0.15, 0.2) is 0 Å². The largest absolute Gasteiger partial charge is 0.338 e. The lowest BCUT2D eigenvalue weighted by Gasteiger charge is -2.45. The van der Waals surface area contributed by atoms with Crippen molar-refractivity contribution in [3.63, 3.8) is 0 Å². The van der Waals surface area contributed by atoms with Crippen LogP contribution in [0.5, 0.6) is 0 Å². The Morgan fingerprint density at radius 3 is 2.63 bits per heavy atom. The van der Waals surface area contributed by atoms with Crippen molar-refractivity contribution in [3.8, 4) is 0 Å². The summed E-state index contributed by atoms with van der Waals surface area (Å²) in [6.45, 7) is 9.96. The zero-order chi connectivity index (χ0) is 14.0. The van der Waals surface area contributed by atoms with Crippen molar-refractivity contribution in [1.29, 1.82) is 0 Å². The highest BCUT2D eigenvalue weighted by molar-refractivity contribution is 9.10. The Morgan fingerprint density at radius 1 is 1.32 bits per heavy atom. The van der Waals surface area contributed by atoms with Crippen molar-refractivity contribution >= 4 is 27.5 Å². The molecule has 3 nitrogen and oxygen atoms in total. The summed E-state index contributed by atoms with van der Waals surface area (Å²) in [7, 11) is 0. The Morgan fingerprint density at radius 2 is 2.00 bits per heavy atom. The smallest absolute Gasteiger partial charge is 0.244 e. The van der Waals surface area contributed by atoms with Gasteiger partial charge in [0, 0.05) is 22.1 Å². The lowest BCUT2D eigenvalue weighted by Crippen LogP contribution is -2.59. The molecule has 1 amide bonds. The van der Waals surface area contributed by atoms with Crippen LogP contribution in [-0.2, 0) is 10.2 Å². The maximum absolute atomic E-state index is 12.3. The summed E-state index contributed by atoms with van der Waals surface area (Å²) in [5, 5.41) is 0. The van der Waals surface area contributed by atoms with E-state index in [-0.39, 0.29) is 17.0 Å². The molecule has 102 valence electrons.